The molecule has 37 heavy (non-hydrogen) atoms. The highest BCUT2D eigenvalue weighted by Crippen LogP contribution is 2.46. The molecule has 1 aliphatic rings. The molecule has 192 valence electrons. The summed E-state index contributed by atoms with van der Waals surface area (Å²) in [6.07, 6.45) is 0. The van der Waals surface area contributed by atoms with Crippen LogP contribution in [-0.2, 0) is 23.9 Å². The van der Waals surface area contributed by atoms with Crippen LogP contribution < -0.4 is 9.64 Å². The molecule has 4 rings (SSSR count). The van der Waals surface area contributed by atoms with Crippen LogP contribution in [0.25, 0.3) is 11.1 Å². The SMILES string of the molecule is CCOC(=O)C(C)(C)C(=O)C1C(=O)C(=O)N(c2ccc(-c3csc(C)c3)cc2)C1c1ccccc1OC. The summed E-state index contributed by atoms with van der Waals surface area (Å²) < 4.78 is 10.7. The molecule has 2 heterocycles. The van der Waals surface area contributed by atoms with E-state index in [-0.39, 0.29) is 6.61 Å². The number of esters is 1. The van der Waals surface area contributed by atoms with Crippen molar-refractivity contribution < 1.29 is 28.7 Å². The van der Waals surface area contributed by atoms with Crippen LogP contribution in [0.15, 0.2) is 60.0 Å². The molecule has 0 bridgehead atoms. The Kier molecular flexibility index (Phi) is 7.32. The number of nitrogens with zero attached hydrogens (tertiary/aromatic N) is 1. The number of Topliss-reactive ketones (excluding diaryl/α,β-unsaturated/α-hetero) is 2. The number of rotatable bonds is 8. The second-order valence-corrected chi connectivity index (χ2v) is 10.5. The van der Waals surface area contributed by atoms with Gasteiger partial charge in [-0.2, -0.15) is 0 Å². The fourth-order valence-corrected chi connectivity index (χ4v) is 5.36. The van der Waals surface area contributed by atoms with E-state index in [1.807, 2.05) is 19.1 Å². The smallest absolute Gasteiger partial charge is 0.319 e. The van der Waals surface area contributed by atoms with Gasteiger partial charge in [-0.1, -0.05) is 30.3 Å². The van der Waals surface area contributed by atoms with E-state index >= 15 is 0 Å². The largest absolute Gasteiger partial charge is 0.496 e. The number of ketones is 2. The predicted molar refractivity (Wildman–Crippen MR) is 142 cm³/mol. The number of benzene rings is 2. The normalized spacial score (nSPS) is 17.7. The van der Waals surface area contributed by atoms with Crippen LogP contribution in [0.4, 0.5) is 5.69 Å². The van der Waals surface area contributed by atoms with E-state index < -0.39 is 40.8 Å². The number of methoxy groups -OCH3 is 1. The van der Waals surface area contributed by atoms with Crippen molar-refractivity contribution in [1.82, 2.24) is 0 Å². The maximum Gasteiger partial charge on any atom is 0.319 e. The first-order valence-electron chi connectivity index (χ1n) is 12.0. The Morgan fingerprint density at radius 1 is 1.03 bits per heavy atom. The molecule has 0 aliphatic carbocycles. The lowest BCUT2D eigenvalue weighted by Gasteiger charge is -2.31. The van der Waals surface area contributed by atoms with Crippen LogP contribution in [0.3, 0.4) is 0 Å². The molecule has 8 heteroatoms. The van der Waals surface area contributed by atoms with Gasteiger partial charge in [-0.25, -0.2) is 0 Å². The lowest BCUT2D eigenvalue weighted by atomic mass is 9.76. The van der Waals surface area contributed by atoms with Crippen molar-refractivity contribution in [2.75, 3.05) is 18.6 Å². The van der Waals surface area contributed by atoms with Crippen molar-refractivity contribution in [1.29, 1.82) is 0 Å². The van der Waals surface area contributed by atoms with Gasteiger partial charge in [0.25, 0.3) is 5.91 Å². The summed E-state index contributed by atoms with van der Waals surface area (Å²) in [7, 11) is 1.48. The van der Waals surface area contributed by atoms with E-state index in [1.165, 1.54) is 30.7 Å². The summed E-state index contributed by atoms with van der Waals surface area (Å²) in [5.41, 5.74) is 1.36. The molecule has 1 aliphatic heterocycles. The number of carbonyl (C=O) groups excluding carboxylic acids is 4. The standard InChI is InChI=1S/C29H29NO6S/c1-6-36-28(34)29(3,4)26(32)23-24(21-9-7-8-10-22(21)35-5)30(27(33)25(23)31)20-13-11-18(12-14-20)19-15-17(2)37-16-19/h7-16,23-24H,6H2,1-5H3. The predicted octanol–water partition coefficient (Wildman–Crippen LogP) is 5.16. The number of anilines is 1. The number of carbonyl (C=O) groups is 4. The van der Waals surface area contributed by atoms with Gasteiger partial charge in [0.15, 0.2) is 5.78 Å². The summed E-state index contributed by atoms with van der Waals surface area (Å²) in [6, 6.07) is 15.3. The van der Waals surface area contributed by atoms with E-state index in [9.17, 15) is 19.2 Å². The zero-order valence-electron chi connectivity index (χ0n) is 21.4. The molecule has 2 atom stereocenters. The highest BCUT2D eigenvalue weighted by molar-refractivity contribution is 7.10. The number of amides is 1. The summed E-state index contributed by atoms with van der Waals surface area (Å²) >= 11 is 1.64. The zero-order chi connectivity index (χ0) is 26.9. The lowest BCUT2D eigenvalue weighted by molar-refractivity contribution is -0.159. The molecule has 3 aromatic rings. The third kappa shape index (κ3) is 4.69. The summed E-state index contributed by atoms with van der Waals surface area (Å²) in [5, 5.41) is 2.05. The fraction of sp³-hybridized carbons (Fsp3) is 0.310. The number of hydrogen-bond acceptors (Lipinski definition) is 7. The minimum absolute atomic E-state index is 0.0884. The van der Waals surface area contributed by atoms with Crippen LogP contribution in [0, 0.1) is 18.3 Å². The van der Waals surface area contributed by atoms with Gasteiger partial charge in [0.1, 0.15) is 17.1 Å². The van der Waals surface area contributed by atoms with Crippen LogP contribution in [-0.4, -0.2) is 37.2 Å². The minimum atomic E-state index is -1.63. The third-order valence-electron chi connectivity index (χ3n) is 6.66. The molecule has 2 aromatic carbocycles. The first kappa shape index (κ1) is 26.3. The molecular weight excluding hydrogens is 490 g/mol. The van der Waals surface area contributed by atoms with E-state index in [2.05, 4.69) is 11.4 Å². The summed E-state index contributed by atoms with van der Waals surface area (Å²) in [6.45, 7) is 6.60. The first-order valence-corrected chi connectivity index (χ1v) is 12.9. The summed E-state index contributed by atoms with van der Waals surface area (Å²) in [5.74, 6) is -4.08. The van der Waals surface area contributed by atoms with Crippen molar-refractivity contribution in [3.63, 3.8) is 0 Å². The maximum absolute atomic E-state index is 13.8. The highest BCUT2D eigenvalue weighted by Gasteiger charge is 2.57. The Bertz CT molecular complexity index is 1360. The van der Waals surface area contributed by atoms with Gasteiger partial charge in [0.05, 0.1) is 19.8 Å². The van der Waals surface area contributed by atoms with E-state index in [0.29, 0.717) is 17.0 Å². The average Bonchev–Trinajstić information content (AvgIpc) is 3.44. The highest BCUT2D eigenvalue weighted by atomic mass is 32.1. The second kappa shape index (κ2) is 10.3. The van der Waals surface area contributed by atoms with Crippen molar-refractivity contribution in [3.05, 3.63) is 70.4 Å². The summed E-state index contributed by atoms with van der Waals surface area (Å²) in [4.78, 5) is 55.9. The molecule has 0 radical (unpaired) electrons. The van der Waals surface area contributed by atoms with Gasteiger partial charge < -0.3 is 9.47 Å². The van der Waals surface area contributed by atoms with E-state index in [0.717, 1.165) is 11.1 Å². The Morgan fingerprint density at radius 3 is 2.30 bits per heavy atom. The molecule has 0 saturated carbocycles. The monoisotopic (exact) mass is 519 g/mol. The Hall–Kier alpha value is -3.78. The molecule has 1 fully saturated rings. The Balaban J connectivity index is 1.83. The quantitative estimate of drug-likeness (QED) is 0.232. The first-order chi connectivity index (χ1) is 17.6. The second-order valence-electron chi connectivity index (χ2n) is 9.41. The molecule has 0 N–H and O–H groups in total. The molecule has 0 spiro atoms. The van der Waals surface area contributed by atoms with Crippen molar-refractivity contribution in [2.45, 2.75) is 33.7 Å². The number of para-hydroxylation sites is 1. The van der Waals surface area contributed by atoms with Crippen molar-refractivity contribution >= 4 is 40.5 Å². The van der Waals surface area contributed by atoms with Gasteiger partial charge in [0.2, 0.25) is 5.78 Å². The molecular formula is C29H29NO6S. The van der Waals surface area contributed by atoms with E-state index in [1.54, 1.807) is 54.7 Å². The zero-order valence-corrected chi connectivity index (χ0v) is 22.3. The van der Waals surface area contributed by atoms with Crippen LogP contribution >= 0.6 is 11.3 Å². The van der Waals surface area contributed by atoms with Crippen LogP contribution in [0.2, 0.25) is 0 Å². The number of thiophene rings is 1. The molecule has 1 aromatic heterocycles. The van der Waals surface area contributed by atoms with Crippen molar-refractivity contribution in [2.24, 2.45) is 11.3 Å². The molecule has 1 amide bonds. The van der Waals surface area contributed by atoms with Crippen LogP contribution in [0.1, 0.15) is 37.3 Å². The Labute approximate surface area is 220 Å². The number of ether oxygens (including phenoxy) is 2. The maximum atomic E-state index is 13.8. The van der Waals surface area contributed by atoms with Gasteiger partial charge in [-0.3, -0.25) is 24.1 Å². The molecule has 2 unspecified atom stereocenters. The third-order valence-corrected chi connectivity index (χ3v) is 7.52. The van der Waals surface area contributed by atoms with Gasteiger partial charge in [-0.15, -0.1) is 11.3 Å². The average molecular weight is 520 g/mol. The number of hydrogen-bond donors (Lipinski definition) is 0. The van der Waals surface area contributed by atoms with E-state index in [4.69, 9.17) is 9.47 Å². The molecule has 7 nitrogen and oxygen atoms in total. The fourth-order valence-electron chi connectivity index (χ4n) is 4.65. The topological polar surface area (TPSA) is 90.0 Å². The number of aryl methyl sites for hydroxylation is 1. The minimum Gasteiger partial charge on any atom is -0.496 e. The van der Waals surface area contributed by atoms with Crippen LogP contribution in [0.5, 0.6) is 5.75 Å². The molecule has 1 saturated heterocycles. The lowest BCUT2D eigenvalue weighted by Crippen LogP contribution is -2.43. The van der Waals surface area contributed by atoms with Gasteiger partial charge >= 0.3 is 5.97 Å². The van der Waals surface area contributed by atoms with Crippen molar-refractivity contribution in [3.8, 4) is 16.9 Å². The Morgan fingerprint density at radius 2 is 1.70 bits per heavy atom. The van der Waals surface area contributed by atoms with Gasteiger partial charge in [-0.05, 0) is 68.5 Å². The van der Waals surface area contributed by atoms with Gasteiger partial charge in [0, 0.05) is 16.1 Å².